The van der Waals surface area contributed by atoms with Gasteiger partial charge in [-0.25, -0.2) is 8.42 Å². The number of sulfone groups is 1. The van der Waals surface area contributed by atoms with Gasteiger partial charge in [0.2, 0.25) is 5.91 Å². The lowest BCUT2D eigenvalue weighted by Gasteiger charge is -2.16. The molecule has 6 nitrogen and oxygen atoms in total. The molecule has 0 bridgehead atoms. The fraction of sp³-hybridized carbons (Fsp3) is 0.533. The summed E-state index contributed by atoms with van der Waals surface area (Å²) >= 11 is 0. The minimum absolute atomic E-state index is 0.0152. The summed E-state index contributed by atoms with van der Waals surface area (Å²) in [6.07, 6.45) is -0.175. The van der Waals surface area contributed by atoms with Gasteiger partial charge in [0.1, 0.15) is 11.9 Å². The first kappa shape index (κ1) is 16.8. The number of nitrogens with one attached hydrogen (secondary N) is 1. The second-order valence-corrected chi connectivity index (χ2v) is 7.64. The summed E-state index contributed by atoms with van der Waals surface area (Å²) in [5.74, 6) is 0.595. The molecule has 0 saturated carbocycles. The lowest BCUT2D eigenvalue weighted by atomic mass is 10.2. The fourth-order valence-corrected chi connectivity index (χ4v) is 3.96. The van der Waals surface area contributed by atoms with Crippen molar-refractivity contribution in [2.75, 3.05) is 18.6 Å². The molecule has 1 saturated heterocycles. The van der Waals surface area contributed by atoms with Gasteiger partial charge in [0, 0.05) is 6.04 Å². The van der Waals surface area contributed by atoms with Crippen molar-refractivity contribution in [2.24, 2.45) is 0 Å². The Bertz CT molecular complexity index is 629. The lowest BCUT2D eigenvalue weighted by molar-refractivity contribution is -0.133. The third-order valence-electron chi connectivity index (χ3n) is 3.58. The molecule has 1 N–H and O–H groups in total. The summed E-state index contributed by atoms with van der Waals surface area (Å²) in [5.41, 5.74) is 0.905. The van der Waals surface area contributed by atoms with Crippen LogP contribution >= 0.6 is 0 Å². The number of hydrogen-bond donors (Lipinski definition) is 1. The van der Waals surface area contributed by atoms with Crippen molar-refractivity contribution in [2.45, 2.75) is 32.1 Å². The Morgan fingerprint density at radius 2 is 2.23 bits per heavy atom. The molecule has 1 aliphatic rings. The molecule has 1 amide bonds. The Morgan fingerprint density at radius 3 is 2.86 bits per heavy atom. The Hall–Kier alpha value is -1.60. The van der Waals surface area contributed by atoms with E-state index in [4.69, 9.17) is 9.47 Å². The van der Waals surface area contributed by atoms with Crippen LogP contribution in [0.3, 0.4) is 0 Å². The molecule has 122 valence electrons. The topological polar surface area (TPSA) is 81.7 Å². The highest BCUT2D eigenvalue weighted by molar-refractivity contribution is 7.91. The highest BCUT2D eigenvalue weighted by Gasteiger charge is 2.30. The van der Waals surface area contributed by atoms with E-state index < -0.39 is 15.9 Å². The number of carbonyl (C=O) groups excluding carboxylic acids is 1. The Balaban J connectivity index is 1.81. The van der Waals surface area contributed by atoms with Crippen LogP contribution in [0.2, 0.25) is 0 Å². The largest absolute Gasteiger partial charge is 0.497 e. The first-order chi connectivity index (χ1) is 10.4. The van der Waals surface area contributed by atoms with E-state index in [0.717, 1.165) is 11.3 Å². The lowest BCUT2D eigenvalue weighted by Crippen LogP contribution is -2.41. The van der Waals surface area contributed by atoms with Gasteiger partial charge in [0.25, 0.3) is 0 Å². The summed E-state index contributed by atoms with van der Waals surface area (Å²) < 4.78 is 33.4. The highest BCUT2D eigenvalue weighted by atomic mass is 32.2. The zero-order chi connectivity index (χ0) is 16.2. The van der Waals surface area contributed by atoms with Gasteiger partial charge in [0.15, 0.2) is 9.84 Å². The smallest absolute Gasteiger partial charge is 0.249 e. The normalized spacial score (nSPS) is 21.3. The van der Waals surface area contributed by atoms with Crippen LogP contribution in [0, 0.1) is 0 Å². The van der Waals surface area contributed by atoms with E-state index in [0.29, 0.717) is 6.42 Å². The number of hydrogen-bond acceptors (Lipinski definition) is 5. The predicted octanol–water partition coefficient (Wildman–Crippen LogP) is 0.904. The van der Waals surface area contributed by atoms with Gasteiger partial charge >= 0.3 is 0 Å². The van der Waals surface area contributed by atoms with Crippen molar-refractivity contribution in [3.8, 4) is 5.75 Å². The molecule has 22 heavy (non-hydrogen) atoms. The van der Waals surface area contributed by atoms with Gasteiger partial charge in [-0.3, -0.25) is 4.79 Å². The monoisotopic (exact) mass is 327 g/mol. The molecule has 1 aliphatic heterocycles. The quantitative estimate of drug-likeness (QED) is 0.840. The SMILES string of the molecule is COc1cccc(CO[C@@H](C)C(=O)N[C@@H]2CCS(=O)(=O)C2)c1. The van der Waals surface area contributed by atoms with Gasteiger partial charge in [-0.1, -0.05) is 12.1 Å². The minimum atomic E-state index is -3.00. The van der Waals surface area contributed by atoms with Crippen LogP contribution in [-0.2, 0) is 26.0 Å². The molecule has 1 heterocycles. The molecule has 2 rings (SSSR count). The van der Waals surface area contributed by atoms with Crippen LogP contribution in [0.25, 0.3) is 0 Å². The zero-order valence-electron chi connectivity index (χ0n) is 12.7. The molecule has 0 radical (unpaired) electrons. The second kappa shape index (κ2) is 7.11. The number of carbonyl (C=O) groups is 1. The van der Waals surface area contributed by atoms with Crippen molar-refractivity contribution in [3.63, 3.8) is 0 Å². The van der Waals surface area contributed by atoms with Crippen molar-refractivity contribution >= 4 is 15.7 Å². The van der Waals surface area contributed by atoms with Gasteiger partial charge < -0.3 is 14.8 Å². The Kier molecular flexibility index (Phi) is 5.42. The van der Waals surface area contributed by atoms with Crippen molar-refractivity contribution < 1.29 is 22.7 Å². The maximum absolute atomic E-state index is 12.0. The van der Waals surface area contributed by atoms with Gasteiger partial charge in [-0.15, -0.1) is 0 Å². The summed E-state index contributed by atoms with van der Waals surface area (Å²) in [6.45, 7) is 1.94. The van der Waals surface area contributed by atoms with Crippen LogP contribution in [-0.4, -0.2) is 45.1 Å². The molecule has 7 heteroatoms. The molecule has 1 aromatic carbocycles. The zero-order valence-corrected chi connectivity index (χ0v) is 13.6. The molecule has 0 unspecified atom stereocenters. The molecule has 0 spiro atoms. The average molecular weight is 327 g/mol. The summed E-state index contributed by atoms with van der Waals surface area (Å²) in [4.78, 5) is 12.0. The van der Waals surface area contributed by atoms with Crippen molar-refractivity contribution in [1.29, 1.82) is 0 Å². The Labute approximate surface area is 130 Å². The minimum Gasteiger partial charge on any atom is -0.497 e. The van der Waals surface area contributed by atoms with Gasteiger partial charge in [0.05, 0.1) is 25.2 Å². The van der Waals surface area contributed by atoms with E-state index >= 15 is 0 Å². The predicted molar refractivity (Wildman–Crippen MR) is 82.4 cm³/mol. The number of benzene rings is 1. The van der Waals surface area contributed by atoms with Gasteiger partial charge in [-0.2, -0.15) is 0 Å². The van der Waals surface area contributed by atoms with E-state index in [9.17, 15) is 13.2 Å². The molecule has 0 aromatic heterocycles. The van der Waals surface area contributed by atoms with E-state index in [1.165, 1.54) is 0 Å². The van der Waals surface area contributed by atoms with Gasteiger partial charge in [-0.05, 0) is 31.0 Å². The van der Waals surface area contributed by atoms with E-state index in [-0.39, 0.29) is 30.1 Å². The summed E-state index contributed by atoms with van der Waals surface area (Å²) in [7, 11) is -1.41. The summed E-state index contributed by atoms with van der Waals surface area (Å²) in [5, 5.41) is 2.73. The average Bonchev–Trinajstić information content (AvgIpc) is 2.83. The maximum Gasteiger partial charge on any atom is 0.249 e. The third-order valence-corrected chi connectivity index (χ3v) is 5.35. The summed E-state index contributed by atoms with van der Waals surface area (Å²) in [6, 6.07) is 7.11. The van der Waals surface area contributed by atoms with E-state index in [1.54, 1.807) is 14.0 Å². The number of methoxy groups -OCH3 is 1. The highest BCUT2D eigenvalue weighted by Crippen LogP contribution is 2.14. The Morgan fingerprint density at radius 1 is 1.45 bits per heavy atom. The number of amides is 1. The van der Waals surface area contributed by atoms with Crippen LogP contribution < -0.4 is 10.1 Å². The van der Waals surface area contributed by atoms with Crippen molar-refractivity contribution in [3.05, 3.63) is 29.8 Å². The van der Waals surface area contributed by atoms with Crippen LogP contribution in [0.1, 0.15) is 18.9 Å². The number of rotatable bonds is 6. The molecule has 0 aliphatic carbocycles. The first-order valence-corrected chi connectivity index (χ1v) is 8.97. The molecular formula is C15H21NO5S. The first-order valence-electron chi connectivity index (χ1n) is 7.15. The van der Waals surface area contributed by atoms with Crippen molar-refractivity contribution in [1.82, 2.24) is 5.32 Å². The third kappa shape index (κ3) is 4.71. The van der Waals surface area contributed by atoms with Crippen LogP contribution in [0.15, 0.2) is 24.3 Å². The second-order valence-electron chi connectivity index (χ2n) is 5.41. The van der Waals surface area contributed by atoms with E-state index in [2.05, 4.69) is 5.32 Å². The standard InChI is InChI=1S/C15H21NO5S/c1-11(15(17)16-13-6-7-22(18,19)10-13)21-9-12-4-3-5-14(8-12)20-2/h3-5,8,11,13H,6-7,9-10H2,1-2H3,(H,16,17)/t11-,13+/m0/s1. The molecule has 1 aromatic rings. The number of ether oxygens (including phenoxy) is 2. The van der Waals surface area contributed by atoms with Crippen LogP contribution in [0.5, 0.6) is 5.75 Å². The molecular weight excluding hydrogens is 306 g/mol. The van der Waals surface area contributed by atoms with E-state index in [1.807, 2.05) is 24.3 Å². The molecule has 2 atom stereocenters. The maximum atomic E-state index is 12.0. The fourth-order valence-electron chi connectivity index (χ4n) is 2.29. The molecule has 1 fully saturated rings. The van der Waals surface area contributed by atoms with Crippen LogP contribution in [0.4, 0.5) is 0 Å².